The van der Waals surface area contributed by atoms with Gasteiger partial charge < -0.3 is 24.7 Å². The molecule has 0 aliphatic carbocycles. The summed E-state index contributed by atoms with van der Waals surface area (Å²) in [4.78, 5) is 12.4. The van der Waals surface area contributed by atoms with Crippen LogP contribution < -0.4 is 20.1 Å². The van der Waals surface area contributed by atoms with Gasteiger partial charge in [0.25, 0.3) is 0 Å². The number of halogens is 1. The molecule has 0 aliphatic heterocycles. The van der Waals surface area contributed by atoms with Crippen molar-refractivity contribution >= 4 is 23.3 Å². The van der Waals surface area contributed by atoms with Gasteiger partial charge in [0.05, 0.1) is 19.9 Å². The highest BCUT2D eigenvalue weighted by molar-refractivity contribution is 6.30. The summed E-state index contributed by atoms with van der Waals surface area (Å²) in [5.41, 5.74) is 4.66. The molecule has 0 saturated carbocycles. The summed E-state index contributed by atoms with van der Waals surface area (Å²) < 4.78 is 12.6. The number of nitrogens with one attached hydrogen (secondary N) is 2. The molecular formula is C22H24ClN3O3. The van der Waals surface area contributed by atoms with Crippen LogP contribution in [0, 0.1) is 13.8 Å². The van der Waals surface area contributed by atoms with Crippen LogP contribution in [0.25, 0.3) is 5.69 Å². The summed E-state index contributed by atoms with van der Waals surface area (Å²) >= 11 is 6.13. The van der Waals surface area contributed by atoms with Crippen molar-refractivity contribution in [1.82, 2.24) is 9.88 Å². The second-order valence-corrected chi connectivity index (χ2v) is 7.02. The number of hydrogen-bond donors (Lipinski definition) is 2. The van der Waals surface area contributed by atoms with Crippen LogP contribution >= 0.6 is 11.6 Å². The fraction of sp³-hybridized carbons (Fsp3) is 0.227. The minimum absolute atomic E-state index is 0.330. The molecule has 3 aromatic rings. The van der Waals surface area contributed by atoms with Crippen LogP contribution in [0.3, 0.4) is 0 Å². The summed E-state index contributed by atoms with van der Waals surface area (Å²) in [7, 11) is 3.12. The number of rotatable bonds is 6. The first-order valence-corrected chi connectivity index (χ1v) is 9.51. The topological polar surface area (TPSA) is 64.5 Å². The van der Waals surface area contributed by atoms with E-state index in [0.29, 0.717) is 28.8 Å². The van der Waals surface area contributed by atoms with Crippen molar-refractivity contribution in [1.29, 1.82) is 0 Å². The summed E-state index contributed by atoms with van der Waals surface area (Å²) in [5, 5.41) is 6.38. The lowest BCUT2D eigenvalue weighted by Crippen LogP contribution is -2.28. The monoisotopic (exact) mass is 413 g/mol. The number of benzene rings is 2. The Balaban J connectivity index is 1.72. The third-order valence-electron chi connectivity index (χ3n) is 4.70. The van der Waals surface area contributed by atoms with Gasteiger partial charge in [0.15, 0.2) is 0 Å². The van der Waals surface area contributed by atoms with E-state index in [-0.39, 0.29) is 6.03 Å². The standard InChI is InChI=1S/C22H24ClN3O3/c1-14-10-16(15(2)26(14)18-7-5-6-17(23)11-18)13-24-22(27)25-20-12-19(28-3)8-9-21(20)29-4/h5-12H,13H2,1-4H3,(H2,24,25,27). The second-order valence-electron chi connectivity index (χ2n) is 6.59. The number of urea groups is 1. The molecule has 0 saturated heterocycles. The van der Waals surface area contributed by atoms with Crippen molar-refractivity contribution in [3.05, 3.63) is 70.5 Å². The number of ether oxygens (including phenoxy) is 2. The zero-order valence-corrected chi connectivity index (χ0v) is 17.6. The molecule has 2 N–H and O–H groups in total. The first-order chi connectivity index (χ1) is 13.9. The van der Waals surface area contributed by atoms with Gasteiger partial charge in [0, 0.05) is 34.7 Å². The number of amides is 2. The average molecular weight is 414 g/mol. The van der Waals surface area contributed by atoms with Gasteiger partial charge in [0.1, 0.15) is 11.5 Å². The van der Waals surface area contributed by atoms with E-state index in [1.165, 1.54) is 0 Å². The normalized spacial score (nSPS) is 10.5. The molecule has 1 heterocycles. The predicted molar refractivity (Wildman–Crippen MR) is 116 cm³/mol. The molecular weight excluding hydrogens is 390 g/mol. The molecule has 7 heteroatoms. The molecule has 0 atom stereocenters. The van der Waals surface area contributed by atoms with Crippen LogP contribution in [0.4, 0.5) is 10.5 Å². The van der Waals surface area contributed by atoms with E-state index < -0.39 is 0 Å². The van der Waals surface area contributed by atoms with Crippen LogP contribution in [0.2, 0.25) is 5.02 Å². The van der Waals surface area contributed by atoms with Crippen molar-refractivity contribution < 1.29 is 14.3 Å². The highest BCUT2D eigenvalue weighted by Crippen LogP contribution is 2.29. The molecule has 152 valence electrons. The number of methoxy groups -OCH3 is 2. The summed E-state index contributed by atoms with van der Waals surface area (Å²) in [5.74, 6) is 1.19. The Bertz CT molecular complexity index is 1030. The molecule has 0 radical (unpaired) electrons. The number of carbonyl (C=O) groups is 1. The van der Waals surface area contributed by atoms with Crippen molar-refractivity contribution in [2.75, 3.05) is 19.5 Å². The number of carbonyl (C=O) groups excluding carboxylic acids is 1. The lowest BCUT2D eigenvalue weighted by Gasteiger charge is -2.13. The maximum atomic E-state index is 12.4. The predicted octanol–water partition coefficient (Wildman–Crippen LogP) is 5.09. The van der Waals surface area contributed by atoms with E-state index in [9.17, 15) is 4.79 Å². The lowest BCUT2D eigenvalue weighted by atomic mass is 10.2. The molecule has 0 spiro atoms. The highest BCUT2D eigenvalue weighted by atomic mass is 35.5. The largest absolute Gasteiger partial charge is 0.497 e. The first kappa shape index (κ1) is 20.6. The number of nitrogens with zero attached hydrogens (tertiary/aromatic N) is 1. The van der Waals surface area contributed by atoms with Crippen LogP contribution in [0.15, 0.2) is 48.5 Å². The molecule has 2 amide bonds. The van der Waals surface area contributed by atoms with Gasteiger partial charge in [0.2, 0.25) is 0 Å². The summed E-state index contributed by atoms with van der Waals surface area (Å²) in [6, 6.07) is 14.6. The number of anilines is 1. The fourth-order valence-electron chi connectivity index (χ4n) is 3.27. The Labute approximate surface area is 175 Å². The highest BCUT2D eigenvalue weighted by Gasteiger charge is 2.13. The minimum atomic E-state index is -0.330. The maximum Gasteiger partial charge on any atom is 0.319 e. The van der Waals surface area contributed by atoms with Gasteiger partial charge in [-0.05, 0) is 55.8 Å². The van der Waals surface area contributed by atoms with E-state index in [1.807, 2.05) is 38.1 Å². The average Bonchev–Trinajstić information content (AvgIpc) is 2.99. The summed E-state index contributed by atoms with van der Waals surface area (Å²) in [6.07, 6.45) is 0. The van der Waals surface area contributed by atoms with Gasteiger partial charge in [-0.25, -0.2) is 4.79 Å². The molecule has 0 fully saturated rings. The van der Waals surface area contributed by atoms with Gasteiger partial charge in [-0.1, -0.05) is 17.7 Å². The molecule has 0 aliphatic rings. The van der Waals surface area contributed by atoms with Crippen molar-refractivity contribution in [3.8, 4) is 17.2 Å². The molecule has 2 aromatic carbocycles. The van der Waals surface area contributed by atoms with Crippen molar-refractivity contribution in [3.63, 3.8) is 0 Å². The van der Waals surface area contributed by atoms with Crippen molar-refractivity contribution in [2.45, 2.75) is 20.4 Å². The van der Waals surface area contributed by atoms with E-state index in [0.717, 1.165) is 22.6 Å². The molecule has 0 bridgehead atoms. The van der Waals surface area contributed by atoms with Gasteiger partial charge in [-0.3, -0.25) is 0 Å². The number of aromatic nitrogens is 1. The Morgan fingerprint density at radius 1 is 1.07 bits per heavy atom. The van der Waals surface area contributed by atoms with E-state index in [4.69, 9.17) is 21.1 Å². The Kier molecular flexibility index (Phi) is 6.34. The third kappa shape index (κ3) is 4.66. The zero-order valence-electron chi connectivity index (χ0n) is 16.9. The van der Waals surface area contributed by atoms with E-state index in [2.05, 4.69) is 21.3 Å². The number of aryl methyl sites for hydroxylation is 1. The van der Waals surface area contributed by atoms with E-state index >= 15 is 0 Å². The zero-order chi connectivity index (χ0) is 21.0. The minimum Gasteiger partial charge on any atom is -0.497 e. The van der Waals surface area contributed by atoms with Crippen LogP contribution in [0.1, 0.15) is 17.0 Å². The first-order valence-electron chi connectivity index (χ1n) is 9.13. The molecule has 6 nitrogen and oxygen atoms in total. The van der Waals surface area contributed by atoms with Crippen LogP contribution in [0.5, 0.6) is 11.5 Å². The third-order valence-corrected chi connectivity index (χ3v) is 4.93. The Hall–Kier alpha value is -3.12. The van der Waals surface area contributed by atoms with Crippen molar-refractivity contribution in [2.24, 2.45) is 0 Å². The fourth-order valence-corrected chi connectivity index (χ4v) is 3.46. The second kappa shape index (κ2) is 8.92. The molecule has 0 unspecified atom stereocenters. The Morgan fingerprint density at radius 2 is 1.86 bits per heavy atom. The van der Waals surface area contributed by atoms with Crippen LogP contribution in [-0.2, 0) is 6.54 Å². The summed E-state index contributed by atoms with van der Waals surface area (Å²) in [6.45, 7) is 4.44. The van der Waals surface area contributed by atoms with Gasteiger partial charge >= 0.3 is 6.03 Å². The van der Waals surface area contributed by atoms with E-state index in [1.54, 1.807) is 32.4 Å². The molecule has 1 aromatic heterocycles. The van der Waals surface area contributed by atoms with Gasteiger partial charge in [-0.2, -0.15) is 0 Å². The number of hydrogen-bond acceptors (Lipinski definition) is 3. The smallest absolute Gasteiger partial charge is 0.319 e. The van der Waals surface area contributed by atoms with Crippen LogP contribution in [-0.4, -0.2) is 24.8 Å². The Morgan fingerprint density at radius 3 is 2.55 bits per heavy atom. The SMILES string of the molecule is COc1ccc(OC)c(NC(=O)NCc2cc(C)n(-c3cccc(Cl)c3)c2C)c1. The molecule has 29 heavy (non-hydrogen) atoms. The van der Waals surface area contributed by atoms with Gasteiger partial charge in [-0.15, -0.1) is 0 Å². The quantitative estimate of drug-likeness (QED) is 0.591. The maximum absolute atomic E-state index is 12.4. The lowest BCUT2D eigenvalue weighted by molar-refractivity contribution is 0.251. The molecule has 3 rings (SSSR count).